The molecule has 6 nitrogen and oxygen atoms in total. The zero-order chi connectivity index (χ0) is 30.1. The summed E-state index contributed by atoms with van der Waals surface area (Å²) in [6.45, 7) is 0.0892. The lowest BCUT2D eigenvalue weighted by Gasteiger charge is -2.33. The van der Waals surface area contributed by atoms with Crippen LogP contribution >= 0.6 is 0 Å². The van der Waals surface area contributed by atoms with Crippen molar-refractivity contribution >= 4 is 11.6 Å². The summed E-state index contributed by atoms with van der Waals surface area (Å²) in [5.41, 5.74) is -6.40. The maximum Gasteiger partial charge on any atom is 0.433 e. The monoisotopic (exact) mass is 592 g/mol. The van der Waals surface area contributed by atoms with Gasteiger partial charge in [0.1, 0.15) is 11.6 Å². The molecule has 3 aromatic rings. The van der Waals surface area contributed by atoms with Gasteiger partial charge in [0, 0.05) is 48.4 Å². The zero-order valence-corrected chi connectivity index (χ0v) is 20.8. The van der Waals surface area contributed by atoms with E-state index in [-0.39, 0.29) is 11.6 Å². The Morgan fingerprint density at radius 2 is 1.71 bits per heavy atom. The lowest BCUT2D eigenvalue weighted by Crippen LogP contribution is -2.40. The molecule has 4 rings (SSSR count). The van der Waals surface area contributed by atoms with Crippen LogP contribution < -0.4 is 15.8 Å². The van der Waals surface area contributed by atoms with Crippen LogP contribution in [0.3, 0.4) is 0 Å². The molecule has 1 aromatic heterocycles. The highest BCUT2D eigenvalue weighted by Crippen LogP contribution is 2.39. The first-order valence-corrected chi connectivity index (χ1v) is 12.1. The van der Waals surface area contributed by atoms with E-state index in [9.17, 15) is 44.7 Å². The summed E-state index contributed by atoms with van der Waals surface area (Å²) < 4.78 is 122. The van der Waals surface area contributed by atoms with Gasteiger partial charge >= 0.3 is 12.4 Å². The molecule has 0 unspecified atom stereocenters. The van der Waals surface area contributed by atoms with Gasteiger partial charge in [-0.2, -0.15) is 26.3 Å². The number of piperidine rings is 1. The van der Waals surface area contributed by atoms with E-state index in [1.165, 1.54) is 18.2 Å². The SMILES string of the molecule is O=C(NCc1ccc(C(F)(F)F)c(-c2nc(C(F)(F)F)cc(=O)[nH]2)c1F)C1CCN(c2cccc(C(F)F)c2)CC1. The molecular weight excluding hydrogens is 571 g/mol. The molecule has 1 aliphatic heterocycles. The molecular formula is C26H21F9N4O2. The number of benzene rings is 2. The van der Waals surface area contributed by atoms with Gasteiger partial charge in [-0.25, -0.2) is 18.2 Å². The van der Waals surface area contributed by atoms with Gasteiger partial charge in [0.15, 0.2) is 5.69 Å². The molecule has 0 spiro atoms. The predicted octanol–water partition coefficient (Wildman–Crippen LogP) is 6.08. The predicted molar refractivity (Wildman–Crippen MR) is 128 cm³/mol. The Kier molecular flexibility index (Phi) is 8.36. The molecule has 1 aliphatic rings. The van der Waals surface area contributed by atoms with E-state index >= 15 is 4.39 Å². The number of nitrogens with one attached hydrogen (secondary N) is 2. The van der Waals surface area contributed by atoms with Crippen LogP contribution in [0.1, 0.15) is 41.7 Å². The first-order valence-electron chi connectivity index (χ1n) is 12.1. The number of aromatic amines is 1. The minimum atomic E-state index is -5.21. The van der Waals surface area contributed by atoms with Gasteiger partial charge in [-0.1, -0.05) is 18.2 Å². The Balaban J connectivity index is 1.51. The Hall–Kier alpha value is -4.04. The molecule has 0 radical (unpaired) electrons. The highest BCUT2D eigenvalue weighted by Gasteiger charge is 2.39. The summed E-state index contributed by atoms with van der Waals surface area (Å²) in [4.78, 5) is 31.0. The normalized spacial score (nSPS) is 14.9. The first-order chi connectivity index (χ1) is 19.1. The Morgan fingerprint density at radius 1 is 1.02 bits per heavy atom. The summed E-state index contributed by atoms with van der Waals surface area (Å²) >= 11 is 0. The van der Waals surface area contributed by atoms with Gasteiger partial charge in [-0.3, -0.25) is 9.59 Å². The number of carbonyl (C=O) groups excluding carboxylic acids is 1. The van der Waals surface area contributed by atoms with E-state index in [0.717, 1.165) is 6.07 Å². The molecule has 1 fully saturated rings. The topological polar surface area (TPSA) is 78.1 Å². The zero-order valence-electron chi connectivity index (χ0n) is 20.8. The molecule has 220 valence electrons. The standard InChI is InChI=1S/C26H21F9N4O2/c27-21-15(4-5-17(25(30,31)32)20(21)23-37-18(26(33,34)35)11-19(40)38-23)12-36-24(41)13-6-8-39(9-7-13)16-3-1-2-14(10-16)22(28)29/h1-5,10-11,13,22H,6-9,12H2,(H,36,41)(H,37,38,40). The lowest BCUT2D eigenvalue weighted by atomic mass is 9.95. The second-order valence-electron chi connectivity index (χ2n) is 9.31. The molecule has 0 atom stereocenters. The fourth-order valence-electron chi connectivity index (χ4n) is 4.53. The van der Waals surface area contributed by atoms with E-state index in [4.69, 9.17) is 0 Å². The number of hydrogen-bond donors (Lipinski definition) is 2. The number of amides is 1. The highest BCUT2D eigenvalue weighted by molar-refractivity contribution is 5.79. The van der Waals surface area contributed by atoms with Crippen molar-refractivity contribution in [2.45, 2.75) is 38.2 Å². The summed E-state index contributed by atoms with van der Waals surface area (Å²) in [6.07, 6.45) is -12.4. The van der Waals surface area contributed by atoms with Crippen LogP contribution in [-0.2, 0) is 23.7 Å². The van der Waals surface area contributed by atoms with Crippen LogP contribution in [-0.4, -0.2) is 29.0 Å². The van der Waals surface area contributed by atoms with E-state index in [1.54, 1.807) is 11.1 Å². The minimum Gasteiger partial charge on any atom is -0.371 e. The summed E-state index contributed by atoms with van der Waals surface area (Å²) in [5, 5.41) is 2.42. The van der Waals surface area contributed by atoms with E-state index in [0.29, 0.717) is 37.7 Å². The molecule has 2 aromatic carbocycles. The third kappa shape index (κ3) is 6.82. The summed E-state index contributed by atoms with van der Waals surface area (Å²) in [7, 11) is 0. The smallest absolute Gasteiger partial charge is 0.371 e. The van der Waals surface area contributed by atoms with Crippen molar-refractivity contribution < 1.29 is 44.3 Å². The van der Waals surface area contributed by atoms with Crippen LogP contribution in [0.15, 0.2) is 47.3 Å². The van der Waals surface area contributed by atoms with Gasteiger partial charge in [-0.15, -0.1) is 0 Å². The number of hydrogen-bond acceptors (Lipinski definition) is 4. The van der Waals surface area contributed by atoms with Crippen molar-refractivity contribution in [1.29, 1.82) is 0 Å². The number of anilines is 1. The minimum absolute atomic E-state index is 0.0273. The van der Waals surface area contributed by atoms with Gasteiger partial charge in [0.25, 0.3) is 12.0 Å². The van der Waals surface area contributed by atoms with Crippen LogP contribution in [0.25, 0.3) is 11.4 Å². The number of H-pyrrole nitrogens is 1. The molecule has 0 saturated carbocycles. The number of rotatable bonds is 6. The second-order valence-corrected chi connectivity index (χ2v) is 9.31. The molecule has 1 amide bonds. The molecule has 2 N–H and O–H groups in total. The first kappa shape index (κ1) is 29.9. The molecule has 2 heterocycles. The fourth-order valence-corrected chi connectivity index (χ4v) is 4.53. The van der Waals surface area contributed by atoms with Crippen LogP contribution in [0.2, 0.25) is 0 Å². The number of nitrogens with zero attached hydrogens (tertiary/aromatic N) is 2. The van der Waals surface area contributed by atoms with Gasteiger partial charge in [0.05, 0.1) is 11.1 Å². The maximum absolute atomic E-state index is 15.4. The summed E-state index contributed by atoms with van der Waals surface area (Å²) in [6, 6.07) is 6.97. The highest BCUT2D eigenvalue weighted by atomic mass is 19.4. The van der Waals surface area contributed by atoms with Crippen molar-refractivity contribution in [2.75, 3.05) is 18.0 Å². The van der Waals surface area contributed by atoms with Crippen LogP contribution in [0.5, 0.6) is 0 Å². The molecule has 15 heteroatoms. The van der Waals surface area contributed by atoms with Crippen molar-refractivity contribution in [1.82, 2.24) is 15.3 Å². The number of carbonyl (C=O) groups is 1. The van der Waals surface area contributed by atoms with Crippen molar-refractivity contribution in [2.24, 2.45) is 5.92 Å². The average Bonchev–Trinajstić information content (AvgIpc) is 2.90. The maximum atomic E-state index is 15.4. The molecule has 0 bridgehead atoms. The van der Waals surface area contributed by atoms with E-state index in [1.807, 2.05) is 4.90 Å². The lowest BCUT2D eigenvalue weighted by molar-refractivity contribution is -0.141. The van der Waals surface area contributed by atoms with E-state index < -0.39 is 76.7 Å². The van der Waals surface area contributed by atoms with Gasteiger partial charge < -0.3 is 15.2 Å². The fraction of sp³-hybridized carbons (Fsp3) is 0.346. The summed E-state index contributed by atoms with van der Waals surface area (Å²) in [5.74, 6) is -4.00. The van der Waals surface area contributed by atoms with Crippen LogP contribution in [0.4, 0.5) is 45.2 Å². The van der Waals surface area contributed by atoms with Gasteiger partial charge in [-0.05, 0) is 31.0 Å². The van der Waals surface area contributed by atoms with Crippen LogP contribution in [0, 0.1) is 11.7 Å². The molecule has 41 heavy (non-hydrogen) atoms. The third-order valence-corrected chi connectivity index (χ3v) is 6.60. The molecule has 0 aliphatic carbocycles. The number of aromatic nitrogens is 2. The molecule has 1 saturated heterocycles. The quantitative estimate of drug-likeness (QED) is 0.340. The Bertz CT molecular complexity index is 1480. The third-order valence-electron chi connectivity index (χ3n) is 6.60. The van der Waals surface area contributed by atoms with Crippen molar-refractivity contribution in [3.05, 3.63) is 81.0 Å². The Labute approximate surface area is 226 Å². The second kappa shape index (κ2) is 11.4. The Morgan fingerprint density at radius 3 is 2.32 bits per heavy atom. The average molecular weight is 592 g/mol. The largest absolute Gasteiger partial charge is 0.433 e. The van der Waals surface area contributed by atoms with Crippen molar-refractivity contribution in [3.63, 3.8) is 0 Å². The van der Waals surface area contributed by atoms with Gasteiger partial charge in [0.2, 0.25) is 5.91 Å². The van der Waals surface area contributed by atoms with Crippen molar-refractivity contribution in [3.8, 4) is 11.4 Å². The number of halogens is 9. The van der Waals surface area contributed by atoms with E-state index in [2.05, 4.69) is 10.3 Å². The number of alkyl halides is 8.